The second-order valence-electron chi connectivity index (χ2n) is 5.59. The predicted octanol–water partition coefficient (Wildman–Crippen LogP) is 3.75. The van der Waals surface area contributed by atoms with Crippen LogP contribution in [-0.2, 0) is 6.42 Å². The molecular formula is C16H23N3S. The highest BCUT2D eigenvalue weighted by Crippen LogP contribution is 2.25. The Morgan fingerprint density at radius 1 is 1.10 bits per heavy atom. The van der Waals surface area contributed by atoms with Crippen molar-refractivity contribution in [2.75, 3.05) is 6.54 Å². The number of benzene rings is 1. The molecule has 0 saturated carbocycles. The SMILES string of the molecule is Cc1cc(C)cc(-c2nnc(CCCNC(C)C)s2)c1. The van der Waals surface area contributed by atoms with E-state index in [1.165, 1.54) is 16.7 Å². The van der Waals surface area contributed by atoms with E-state index in [2.05, 4.69) is 61.4 Å². The summed E-state index contributed by atoms with van der Waals surface area (Å²) in [6.45, 7) is 9.62. The van der Waals surface area contributed by atoms with E-state index in [4.69, 9.17) is 0 Å². The third-order valence-electron chi connectivity index (χ3n) is 3.06. The maximum atomic E-state index is 4.33. The lowest BCUT2D eigenvalue weighted by molar-refractivity contribution is 0.569. The van der Waals surface area contributed by atoms with E-state index in [-0.39, 0.29) is 0 Å². The molecule has 1 N–H and O–H groups in total. The van der Waals surface area contributed by atoms with Crippen molar-refractivity contribution in [3.05, 3.63) is 34.3 Å². The minimum absolute atomic E-state index is 0.551. The fourth-order valence-electron chi connectivity index (χ4n) is 2.20. The summed E-state index contributed by atoms with van der Waals surface area (Å²) in [6.07, 6.45) is 2.11. The molecule has 0 radical (unpaired) electrons. The van der Waals surface area contributed by atoms with E-state index in [1.807, 2.05) is 0 Å². The first kappa shape index (κ1) is 15.1. The van der Waals surface area contributed by atoms with Gasteiger partial charge in [0.1, 0.15) is 10.0 Å². The summed E-state index contributed by atoms with van der Waals surface area (Å²) in [7, 11) is 0. The molecule has 20 heavy (non-hydrogen) atoms. The van der Waals surface area contributed by atoms with Gasteiger partial charge in [0.05, 0.1) is 0 Å². The van der Waals surface area contributed by atoms with Crippen molar-refractivity contribution in [3.63, 3.8) is 0 Å². The van der Waals surface area contributed by atoms with Gasteiger partial charge in [-0.1, -0.05) is 42.4 Å². The van der Waals surface area contributed by atoms with Gasteiger partial charge >= 0.3 is 0 Å². The van der Waals surface area contributed by atoms with Crippen LogP contribution in [-0.4, -0.2) is 22.8 Å². The molecule has 108 valence electrons. The topological polar surface area (TPSA) is 37.8 Å². The Morgan fingerprint density at radius 2 is 1.80 bits per heavy atom. The molecule has 4 heteroatoms. The van der Waals surface area contributed by atoms with Crippen molar-refractivity contribution < 1.29 is 0 Å². The first-order chi connectivity index (χ1) is 9.54. The first-order valence-corrected chi connectivity index (χ1v) is 8.00. The van der Waals surface area contributed by atoms with Crippen LogP contribution in [0.2, 0.25) is 0 Å². The van der Waals surface area contributed by atoms with Gasteiger partial charge in [0.25, 0.3) is 0 Å². The number of rotatable bonds is 6. The van der Waals surface area contributed by atoms with Crippen LogP contribution >= 0.6 is 11.3 Å². The summed E-state index contributed by atoms with van der Waals surface area (Å²) in [4.78, 5) is 0. The van der Waals surface area contributed by atoms with Crippen LogP contribution < -0.4 is 5.32 Å². The smallest absolute Gasteiger partial charge is 0.147 e. The summed E-state index contributed by atoms with van der Waals surface area (Å²) < 4.78 is 0. The maximum absolute atomic E-state index is 4.33. The van der Waals surface area contributed by atoms with Gasteiger partial charge in [0.2, 0.25) is 0 Å². The summed E-state index contributed by atoms with van der Waals surface area (Å²) in [5.74, 6) is 0. The number of nitrogens with zero attached hydrogens (tertiary/aromatic N) is 2. The van der Waals surface area contributed by atoms with Crippen LogP contribution in [0, 0.1) is 13.8 Å². The van der Waals surface area contributed by atoms with Gasteiger partial charge in [-0.15, -0.1) is 10.2 Å². The van der Waals surface area contributed by atoms with Gasteiger partial charge < -0.3 is 5.32 Å². The molecule has 0 aliphatic rings. The van der Waals surface area contributed by atoms with E-state index in [0.29, 0.717) is 6.04 Å². The van der Waals surface area contributed by atoms with Crippen molar-refractivity contribution in [2.45, 2.75) is 46.6 Å². The average Bonchev–Trinajstić information content (AvgIpc) is 2.82. The number of hydrogen-bond donors (Lipinski definition) is 1. The van der Waals surface area contributed by atoms with E-state index in [9.17, 15) is 0 Å². The second-order valence-corrected chi connectivity index (χ2v) is 6.65. The second kappa shape index (κ2) is 6.95. The lowest BCUT2D eigenvalue weighted by Crippen LogP contribution is -2.23. The Labute approximate surface area is 125 Å². The average molecular weight is 289 g/mol. The van der Waals surface area contributed by atoms with Crippen molar-refractivity contribution in [1.82, 2.24) is 15.5 Å². The minimum atomic E-state index is 0.551. The predicted molar refractivity (Wildman–Crippen MR) is 86.3 cm³/mol. The summed E-state index contributed by atoms with van der Waals surface area (Å²) >= 11 is 1.71. The van der Waals surface area contributed by atoms with Crippen molar-refractivity contribution >= 4 is 11.3 Å². The van der Waals surface area contributed by atoms with Crippen molar-refractivity contribution in [3.8, 4) is 10.6 Å². The Bertz CT molecular complexity index is 540. The Morgan fingerprint density at radius 3 is 2.45 bits per heavy atom. The van der Waals surface area contributed by atoms with E-state index >= 15 is 0 Å². The van der Waals surface area contributed by atoms with Crippen molar-refractivity contribution in [1.29, 1.82) is 0 Å². The highest BCUT2D eigenvalue weighted by Gasteiger charge is 2.07. The summed E-state index contributed by atoms with van der Waals surface area (Å²) in [5.41, 5.74) is 3.74. The maximum Gasteiger partial charge on any atom is 0.147 e. The molecule has 0 amide bonds. The van der Waals surface area contributed by atoms with Gasteiger partial charge in [0, 0.05) is 18.0 Å². The van der Waals surface area contributed by atoms with Gasteiger partial charge in [0.15, 0.2) is 0 Å². The zero-order valence-electron chi connectivity index (χ0n) is 12.7. The highest BCUT2D eigenvalue weighted by atomic mass is 32.1. The van der Waals surface area contributed by atoms with Crippen LogP contribution in [0.25, 0.3) is 10.6 Å². The van der Waals surface area contributed by atoms with Crippen LogP contribution in [0.4, 0.5) is 0 Å². The molecule has 2 rings (SSSR count). The summed E-state index contributed by atoms with van der Waals surface area (Å²) in [5, 5.41) is 14.2. The molecule has 0 saturated heterocycles. The largest absolute Gasteiger partial charge is 0.315 e. The molecule has 0 spiro atoms. The minimum Gasteiger partial charge on any atom is -0.315 e. The Balaban J connectivity index is 1.98. The lowest BCUT2D eigenvalue weighted by atomic mass is 10.1. The molecule has 0 bridgehead atoms. The molecule has 1 heterocycles. The third-order valence-corrected chi connectivity index (χ3v) is 4.09. The number of aryl methyl sites for hydroxylation is 3. The highest BCUT2D eigenvalue weighted by molar-refractivity contribution is 7.14. The number of aromatic nitrogens is 2. The molecule has 3 nitrogen and oxygen atoms in total. The molecule has 1 aromatic carbocycles. The van der Waals surface area contributed by atoms with Gasteiger partial charge in [-0.05, 0) is 38.9 Å². The van der Waals surface area contributed by atoms with E-state index < -0.39 is 0 Å². The van der Waals surface area contributed by atoms with Crippen LogP contribution in [0.3, 0.4) is 0 Å². The number of nitrogens with one attached hydrogen (secondary N) is 1. The van der Waals surface area contributed by atoms with Gasteiger partial charge in [-0.25, -0.2) is 0 Å². The molecule has 2 aromatic rings. The fourth-order valence-corrected chi connectivity index (χ4v) is 3.07. The standard InChI is InChI=1S/C16H23N3S/c1-11(2)17-7-5-6-15-18-19-16(20-15)14-9-12(3)8-13(4)10-14/h8-11,17H,5-7H2,1-4H3. The zero-order valence-corrected chi connectivity index (χ0v) is 13.5. The lowest BCUT2D eigenvalue weighted by Gasteiger charge is -2.05. The molecule has 1 aromatic heterocycles. The summed E-state index contributed by atoms with van der Waals surface area (Å²) in [6, 6.07) is 7.09. The van der Waals surface area contributed by atoms with Crippen LogP contribution in [0.15, 0.2) is 18.2 Å². The molecule has 0 aliphatic carbocycles. The van der Waals surface area contributed by atoms with Crippen LogP contribution in [0.5, 0.6) is 0 Å². The van der Waals surface area contributed by atoms with Crippen LogP contribution in [0.1, 0.15) is 36.4 Å². The molecular weight excluding hydrogens is 266 g/mol. The zero-order chi connectivity index (χ0) is 14.5. The normalized spacial score (nSPS) is 11.2. The van der Waals surface area contributed by atoms with Gasteiger partial charge in [-0.2, -0.15) is 0 Å². The quantitative estimate of drug-likeness (QED) is 0.823. The Hall–Kier alpha value is -1.26. The van der Waals surface area contributed by atoms with Gasteiger partial charge in [-0.3, -0.25) is 0 Å². The first-order valence-electron chi connectivity index (χ1n) is 7.19. The third kappa shape index (κ3) is 4.39. The molecule has 0 fully saturated rings. The molecule has 0 aliphatic heterocycles. The molecule has 0 unspecified atom stereocenters. The fraction of sp³-hybridized carbons (Fsp3) is 0.500. The van der Waals surface area contributed by atoms with E-state index in [0.717, 1.165) is 29.4 Å². The molecule has 0 atom stereocenters. The Kier molecular flexibility index (Phi) is 5.26. The number of hydrogen-bond acceptors (Lipinski definition) is 4. The monoisotopic (exact) mass is 289 g/mol. The van der Waals surface area contributed by atoms with Crippen molar-refractivity contribution in [2.24, 2.45) is 0 Å². The van der Waals surface area contributed by atoms with E-state index in [1.54, 1.807) is 11.3 Å².